The van der Waals surface area contributed by atoms with Crippen molar-refractivity contribution in [2.45, 2.75) is 19.9 Å². The third kappa shape index (κ3) is 3.60. The van der Waals surface area contributed by atoms with Crippen LogP contribution in [0.5, 0.6) is 0 Å². The summed E-state index contributed by atoms with van der Waals surface area (Å²) in [5.74, 6) is 0.108. The van der Waals surface area contributed by atoms with Crippen molar-refractivity contribution in [2.24, 2.45) is 0 Å². The molecule has 2 nitrogen and oxygen atoms in total. The van der Waals surface area contributed by atoms with Crippen molar-refractivity contribution in [1.29, 1.82) is 0 Å². The van der Waals surface area contributed by atoms with E-state index in [2.05, 4.69) is 65.3 Å². The zero-order chi connectivity index (χ0) is 18.8. The Labute approximate surface area is 168 Å². The third-order valence-electron chi connectivity index (χ3n) is 4.88. The first-order chi connectivity index (χ1) is 13.1. The molecule has 0 fully saturated rings. The van der Waals surface area contributed by atoms with E-state index in [9.17, 15) is 4.79 Å². The second kappa shape index (κ2) is 7.53. The zero-order valence-corrected chi connectivity index (χ0v) is 16.7. The number of benzene rings is 3. The van der Waals surface area contributed by atoms with Crippen molar-refractivity contribution >= 4 is 32.0 Å². The molecule has 4 rings (SSSR count). The first-order valence-corrected chi connectivity index (χ1v) is 9.82. The smallest absolute Gasteiger partial charge is 0.231 e. The summed E-state index contributed by atoms with van der Waals surface area (Å²) in [7, 11) is 0. The molecule has 0 aromatic heterocycles. The molecule has 0 radical (unpaired) electrons. The lowest BCUT2D eigenvalue weighted by Crippen LogP contribution is -2.29. The number of hydrogen-bond acceptors (Lipinski definition) is 1. The molecule has 1 aliphatic heterocycles. The second-order valence-electron chi connectivity index (χ2n) is 6.83. The molecule has 27 heavy (non-hydrogen) atoms. The third-order valence-corrected chi connectivity index (χ3v) is 5.69. The lowest BCUT2D eigenvalue weighted by molar-refractivity contribution is -0.127. The molecule has 0 saturated carbocycles. The summed E-state index contributed by atoms with van der Waals surface area (Å²) >= 11 is 3.83. The van der Waals surface area contributed by atoms with Crippen LogP contribution in [0, 0.1) is 6.92 Å². The van der Waals surface area contributed by atoms with Gasteiger partial charge < -0.3 is 4.90 Å². The van der Waals surface area contributed by atoms with E-state index >= 15 is 0 Å². The lowest BCUT2D eigenvalue weighted by atomic mass is 10.0. The van der Waals surface area contributed by atoms with Crippen molar-refractivity contribution < 1.29 is 4.79 Å². The van der Waals surface area contributed by atoms with Crippen molar-refractivity contribution in [2.75, 3.05) is 0 Å². The Morgan fingerprint density at radius 3 is 2.30 bits per heavy atom. The number of hydrogen-bond donors (Lipinski definition) is 0. The van der Waals surface area contributed by atoms with E-state index in [0.717, 1.165) is 32.4 Å². The normalized spacial score (nSPS) is 14.1. The maximum absolute atomic E-state index is 13.2. The van der Waals surface area contributed by atoms with Crippen LogP contribution in [0.2, 0.25) is 0 Å². The van der Waals surface area contributed by atoms with Gasteiger partial charge in [-0.05, 0) is 45.1 Å². The van der Waals surface area contributed by atoms with E-state index in [4.69, 9.17) is 0 Å². The van der Waals surface area contributed by atoms with E-state index in [-0.39, 0.29) is 5.91 Å². The van der Waals surface area contributed by atoms with Gasteiger partial charge in [0.15, 0.2) is 0 Å². The highest BCUT2D eigenvalue weighted by Gasteiger charge is 2.28. The Morgan fingerprint density at radius 1 is 0.889 bits per heavy atom. The second-order valence-corrected chi connectivity index (χ2v) is 7.62. The van der Waals surface area contributed by atoms with Gasteiger partial charge in [0.05, 0.1) is 18.7 Å². The largest absolute Gasteiger partial charge is 0.306 e. The summed E-state index contributed by atoms with van der Waals surface area (Å²) in [6, 6.07) is 26.6. The van der Waals surface area contributed by atoms with Gasteiger partial charge in [0, 0.05) is 4.48 Å². The molecule has 0 spiro atoms. The summed E-state index contributed by atoms with van der Waals surface area (Å²) in [4.78, 5) is 15.2. The molecule has 0 atom stereocenters. The molecule has 0 saturated heterocycles. The predicted octanol–water partition coefficient (Wildman–Crippen LogP) is 5.80. The minimum Gasteiger partial charge on any atom is -0.306 e. The summed E-state index contributed by atoms with van der Waals surface area (Å²) < 4.78 is 0.962. The molecule has 0 aliphatic carbocycles. The first-order valence-electron chi connectivity index (χ1n) is 9.03. The number of carbonyl (C=O) groups is 1. The van der Waals surface area contributed by atoms with Gasteiger partial charge in [0.25, 0.3) is 0 Å². The van der Waals surface area contributed by atoms with E-state index in [1.165, 1.54) is 5.56 Å². The number of fused-ring (bicyclic) bond motifs is 1. The maximum Gasteiger partial charge on any atom is 0.231 e. The molecule has 3 aromatic carbocycles. The minimum absolute atomic E-state index is 0.108. The van der Waals surface area contributed by atoms with Gasteiger partial charge in [0.2, 0.25) is 5.91 Å². The molecular formula is C24H20BrNO. The van der Waals surface area contributed by atoms with E-state index in [1.807, 2.05) is 41.3 Å². The maximum atomic E-state index is 13.2. The SMILES string of the molecule is Cc1ccc(C2=C(Br)c3ccccc3CC(=O)N2Cc2ccccc2)cc1. The monoisotopic (exact) mass is 417 g/mol. The Morgan fingerprint density at radius 2 is 1.56 bits per heavy atom. The number of nitrogens with zero attached hydrogens (tertiary/aromatic N) is 1. The van der Waals surface area contributed by atoms with Crippen LogP contribution in [0.25, 0.3) is 10.2 Å². The van der Waals surface area contributed by atoms with Crippen LogP contribution < -0.4 is 0 Å². The fourth-order valence-corrected chi connectivity index (χ4v) is 4.27. The number of amides is 1. The van der Waals surface area contributed by atoms with Gasteiger partial charge in [-0.2, -0.15) is 0 Å². The quantitative estimate of drug-likeness (QED) is 0.527. The minimum atomic E-state index is 0.108. The fourth-order valence-electron chi connectivity index (χ4n) is 3.44. The summed E-state index contributed by atoms with van der Waals surface area (Å²) in [6.45, 7) is 2.62. The van der Waals surface area contributed by atoms with Gasteiger partial charge >= 0.3 is 0 Å². The molecule has 3 aromatic rings. The zero-order valence-electron chi connectivity index (χ0n) is 15.2. The van der Waals surface area contributed by atoms with Gasteiger partial charge in [0.1, 0.15) is 0 Å². The van der Waals surface area contributed by atoms with E-state index in [1.54, 1.807) is 0 Å². The molecule has 0 N–H and O–H groups in total. The average Bonchev–Trinajstić information content (AvgIpc) is 2.79. The Hall–Kier alpha value is -2.65. The van der Waals surface area contributed by atoms with E-state index in [0.29, 0.717) is 13.0 Å². The Balaban J connectivity index is 1.89. The molecule has 0 bridgehead atoms. The molecular weight excluding hydrogens is 398 g/mol. The number of halogens is 1. The molecule has 134 valence electrons. The number of rotatable bonds is 3. The highest BCUT2D eigenvalue weighted by molar-refractivity contribution is 9.15. The van der Waals surface area contributed by atoms with Crippen LogP contribution in [-0.2, 0) is 17.8 Å². The lowest BCUT2D eigenvalue weighted by Gasteiger charge is -2.26. The Bertz CT molecular complexity index is 1010. The van der Waals surface area contributed by atoms with Crippen LogP contribution in [0.4, 0.5) is 0 Å². The van der Waals surface area contributed by atoms with Gasteiger partial charge in [-0.1, -0.05) is 84.4 Å². The van der Waals surface area contributed by atoms with Crippen LogP contribution in [0.1, 0.15) is 27.8 Å². The number of aryl methyl sites for hydroxylation is 1. The average molecular weight is 418 g/mol. The number of carbonyl (C=O) groups excluding carboxylic acids is 1. The van der Waals surface area contributed by atoms with Crippen molar-refractivity contribution in [3.8, 4) is 0 Å². The standard InChI is InChI=1S/C24H20BrNO/c1-17-11-13-19(14-12-17)24-23(25)21-10-6-5-9-20(21)15-22(27)26(24)16-18-7-3-2-4-8-18/h2-14H,15-16H2,1H3. The van der Waals surface area contributed by atoms with Crippen LogP contribution in [-0.4, -0.2) is 10.8 Å². The predicted molar refractivity (Wildman–Crippen MR) is 114 cm³/mol. The summed E-state index contributed by atoms with van der Waals surface area (Å²) in [5, 5.41) is 0. The summed E-state index contributed by atoms with van der Waals surface area (Å²) in [5.41, 5.74) is 6.40. The fraction of sp³-hybridized carbons (Fsp3) is 0.125. The summed E-state index contributed by atoms with van der Waals surface area (Å²) in [6.07, 6.45) is 0.396. The van der Waals surface area contributed by atoms with Crippen molar-refractivity contribution in [1.82, 2.24) is 4.90 Å². The van der Waals surface area contributed by atoms with Crippen LogP contribution in [0.3, 0.4) is 0 Å². The van der Waals surface area contributed by atoms with Gasteiger partial charge in [-0.3, -0.25) is 4.79 Å². The van der Waals surface area contributed by atoms with Gasteiger partial charge in [-0.15, -0.1) is 0 Å². The topological polar surface area (TPSA) is 20.3 Å². The van der Waals surface area contributed by atoms with Crippen molar-refractivity contribution in [3.63, 3.8) is 0 Å². The molecule has 0 unspecified atom stereocenters. The van der Waals surface area contributed by atoms with Crippen LogP contribution in [0.15, 0.2) is 78.9 Å². The van der Waals surface area contributed by atoms with Crippen LogP contribution >= 0.6 is 15.9 Å². The molecule has 3 heteroatoms. The highest BCUT2D eigenvalue weighted by Crippen LogP contribution is 2.39. The first kappa shape index (κ1) is 17.7. The van der Waals surface area contributed by atoms with Crippen molar-refractivity contribution in [3.05, 3.63) is 107 Å². The van der Waals surface area contributed by atoms with Gasteiger partial charge in [-0.25, -0.2) is 0 Å². The highest BCUT2D eigenvalue weighted by atomic mass is 79.9. The molecule has 1 heterocycles. The Kier molecular flexibility index (Phi) is 4.95. The van der Waals surface area contributed by atoms with E-state index < -0.39 is 0 Å². The molecule has 1 amide bonds. The molecule has 1 aliphatic rings.